The molecule has 0 saturated heterocycles. The number of para-hydroxylation sites is 1. The van der Waals surface area contributed by atoms with Crippen molar-refractivity contribution in [3.8, 4) is 11.3 Å². The van der Waals surface area contributed by atoms with Crippen LogP contribution >= 0.6 is 0 Å². The molecule has 146 valence electrons. The van der Waals surface area contributed by atoms with Gasteiger partial charge in [-0.1, -0.05) is 60.7 Å². The molecule has 1 aliphatic heterocycles. The summed E-state index contributed by atoms with van der Waals surface area (Å²) in [7, 11) is 0. The molecule has 0 aliphatic carbocycles. The second kappa shape index (κ2) is 7.33. The number of rotatable bonds is 4. The molecule has 0 spiro atoms. The van der Waals surface area contributed by atoms with Gasteiger partial charge in [0.2, 0.25) is 5.91 Å². The molecule has 1 unspecified atom stereocenters. The number of aliphatic imine (C=N–C) groups is 1. The number of amides is 1. The number of hydrogen-bond donors (Lipinski definition) is 3. The van der Waals surface area contributed by atoms with Crippen LogP contribution in [-0.2, 0) is 4.79 Å². The monoisotopic (exact) mass is 393 g/mol. The van der Waals surface area contributed by atoms with Crippen molar-refractivity contribution in [1.29, 1.82) is 0 Å². The Morgan fingerprint density at radius 3 is 2.40 bits per heavy atom. The van der Waals surface area contributed by atoms with E-state index in [1.165, 1.54) is 0 Å². The lowest BCUT2D eigenvalue weighted by molar-refractivity contribution is -0.115. The third kappa shape index (κ3) is 3.24. The third-order valence-electron chi connectivity index (χ3n) is 5.16. The fraction of sp³-hybridized carbons (Fsp3) is 0.0417. The van der Waals surface area contributed by atoms with Gasteiger partial charge in [-0.25, -0.2) is 4.98 Å². The molecule has 3 aromatic carbocycles. The number of nitrogen functional groups attached to an aromatic ring is 1. The average molecular weight is 393 g/mol. The van der Waals surface area contributed by atoms with Crippen molar-refractivity contribution in [2.75, 3.05) is 11.1 Å². The number of imidazole rings is 1. The molecule has 0 saturated carbocycles. The summed E-state index contributed by atoms with van der Waals surface area (Å²) in [6, 6.07) is 25.3. The van der Waals surface area contributed by atoms with Gasteiger partial charge >= 0.3 is 0 Å². The summed E-state index contributed by atoms with van der Waals surface area (Å²) >= 11 is 0. The van der Waals surface area contributed by atoms with E-state index in [0.717, 1.165) is 39.5 Å². The van der Waals surface area contributed by atoms with E-state index in [4.69, 9.17) is 10.7 Å². The Morgan fingerprint density at radius 1 is 0.933 bits per heavy atom. The zero-order valence-corrected chi connectivity index (χ0v) is 16.0. The third-order valence-corrected chi connectivity index (χ3v) is 5.16. The van der Waals surface area contributed by atoms with E-state index in [1.807, 2.05) is 78.9 Å². The number of carbonyl (C=O) groups is 1. The maximum absolute atomic E-state index is 12.9. The van der Waals surface area contributed by atoms with Crippen LogP contribution in [0.4, 0.5) is 17.3 Å². The Hall–Kier alpha value is -4.19. The number of fused-ring (bicyclic) bond motifs is 1. The Morgan fingerprint density at radius 2 is 1.67 bits per heavy atom. The molecule has 1 atom stereocenters. The number of aromatic amines is 1. The van der Waals surface area contributed by atoms with Crippen LogP contribution in [0.5, 0.6) is 0 Å². The van der Waals surface area contributed by atoms with E-state index in [9.17, 15) is 4.79 Å². The molecule has 30 heavy (non-hydrogen) atoms. The first kappa shape index (κ1) is 17.9. The number of anilines is 2. The van der Waals surface area contributed by atoms with Crippen molar-refractivity contribution < 1.29 is 4.79 Å². The van der Waals surface area contributed by atoms with E-state index >= 15 is 0 Å². The molecule has 2 heterocycles. The van der Waals surface area contributed by atoms with Crippen molar-refractivity contribution in [2.45, 2.75) is 5.92 Å². The highest BCUT2D eigenvalue weighted by Gasteiger charge is 2.35. The molecule has 1 aromatic heterocycles. The fourth-order valence-electron chi connectivity index (χ4n) is 3.72. The highest BCUT2D eigenvalue weighted by atomic mass is 16.2. The second-order valence-corrected chi connectivity index (χ2v) is 7.10. The van der Waals surface area contributed by atoms with Gasteiger partial charge in [0, 0.05) is 5.69 Å². The summed E-state index contributed by atoms with van der Waals surface area (Å²) in [4.78, 5) is 24.8. The van der Waals surface area contributed by atoms with Crippen molar-refractivity contribution in [3.63, 3.8) is 0 Å². The van der Waals surface area contributed by atoms with E-state index in [1.54, 1.807) is 6.20 Å². The van der Waals surface area contributed by atoms with E-state index in [2.05, 4.69) is 15.3 Å². The minimum absolute atomic E-state index is 0.0663. The molecule has 4 aromatic rings. The normalized spacial score (nSPS) is 15.7. The van der Waals surface area contributed by atoms with Crippen LogP contribution in [0, 0.1) is 0 Å². The molecular weight excluding hydrogens is 374 g/mol. The van der Waals surface area contributed by atoms with Crippen molar-refractivity contribution in [1.82, 2.24) is 9.97 Å². The Labute approximate surface area is 173 Å². The van der Waals surface area contributed by atoms with Crippen LogP contribution in [0.1, 0.15) is 17.0 Å². The first-order chi connectivity index (χ1) is 14.7. The smallest absolute Gasteiger partial charge is 0.238 e. The lowest BCUT2D eigenvalue weighted by Crippen LogP contribution is -2.21. The van der Waals surface area contributed by atoms with Crippen molar-refractivity contribution >= 4 is 28.9 Å². The lowest BCUT2D eigenvalue weighted by Gasteiger charge is -2.14. The van der Waals surface area contributed by atoms with Crippen LogP contribution in [0.3, 0.4) is 0 Å². The van der Waals surface area contributed by atoms with Crippen molar-refractivity contribution in [2.24, 2.45) is 4.99 Å². The topological polar surface area (TPSA) is 96.2 Å². The van der Waals surface area contributed by atoms with Crippen LogP contribution < -0.4 is 11.1 Å². The number of nitrogens with one attached hydrogen (secondary N) is 2. The summed E-state index contributed by atoms with van der Waals surface area (Å²) in [6.07, 6.45) is 1.70. The fourth-order valence-corrected chi connectivity index (χ4v) is 3.72. The van der Waals surface area contributed by atoms with Gasteiger partial charge in [0.1, 0.15) is 5.92 Å². The van der Waals surface area contributed by atoms with E-state index in [0.29, 0.717) is 5.95 Å². The molecule has 0 radical (unpaired) electrons. The zero-order valence-electron chi connectivity index (χ0n) is 16.0. The number of nitrogens with two attached hydrogens (primary N) is 1. The summed E-state index contributed by atoms with van der Waals surface area (Å²) < 4.78 is 0. The van der Waals surface area contributed by atoms with Crippen molar-refractivity contribution in [3.05, 3.63) is 96.2 Å². The summed E-state index contributed by atoms with van der Waals surface area (Å²) in [5.41, 5.74) is 11.7. The van der Waals surface area contributed by atoms with Crippen LogP contribution in [-0.4, -0.2) is 21.6 Å². The highest BCUT2D eigenvalue weighted by molar-refractivity contribution is 6.24. The Kier molecular flexibility index (Phi) is 4.37. The molecule has 6 nitrogen and oxygen atoms in total. The summed E-state index contributed by atoms with van der Waals surface area (Å²) in [6.45, 7) is 0. The number of aromatic nitrogens is 2. The number of carbonyl (C=O) groups excluding carboxylic acids is 1. The summed E-state index contributed by atoms with van der Waals surface area (Å²) in [5, 5.41) is 2.97. The molecule has 5 rings (SSSR count). The van der Waals surface area contributed by atoms with Gasteiger partial charge in [-0.15, -0.1) is 0 Å². The first-order valence-electron chi connectivity index (χ1n) is 9.64. The maximum atomic E-state index is 12.9. The van der Waals surface area contributed by atoms with Crippen LogP contribution in [0.15, 0.2) is 90.1 Å². The number of hydrogen-bond acceptors (Lipinski definition) is 4. The minimum Gasteiger partial charge on any atom is -0.369 e. The molecular formula is C24H19N5O. The quantitative estimate of drug-likeness (QED) is 0.445. The maximum Gasteiger partial charge on any atom is 0.238 e. The van der Waals surface area contributed by atoms with E-state index in [-0.39, 0.29) is 5.91 Å². The SMILES string of the molecule is Nc1ncc(-c2ccc(N=C(c3ccccc3)C3C(=O)Nc4ccccc43)cc2)[nH]1. The Balaban J connectivity index is 1.58. The standard InChI is InChI=1S/C24H19N5O/c25-24-26-14-20(29-24)15-10-12-17(13-11-15)27-22(16-6-2-1-3-7-16)21-18-8-4-5-9-19(18)28-23(21)30/h1-14,21H,(H,28,30)(H3,25,26,29). The second-order valence-electron chi connectivity index (χ2n) is 7.10. The lowest BCUT2D eigenvalue weighted by atomic mass is 9.90. The predicted octanol–water partition coefficient (Wildman–Crippen LogP) is 4.52. The number of H-pyrrole nitrogens is 1. The van der Waals surface area contributed by atoms with Gasteiger partial charge in [0.05, 0.1) is 23.3 Å². The van der Waals surface area contributed by atoms with Crippen LogP contribution in [0.25, 0.3) is 11.3 Å². The molecule has 6 heteroatoms. The number of benzene rings is 3. The van der Waals surface area contributed by atoms with Crippen LogP contribution in [0.2, 0.25) is 0 Å². The molecule has 1 amide bonds. The van der Waals surface area contributed by atoms with Gasteiger partial charge in [0.25, 0.3) is 0 Å². The zero-order chi connectivity index (χ0) is 20.5. The van der Waals surface area contributed by atoms with E-state index < -0.39 is 5.92 Å². The molecule has 0 bridgehead atoms. The number of nitrogens with zero attached hydrogens (tertiary/aromatic N) is 2. The van der Waals surface area contributed by atoms with Gasteiger partial charge in [-0.2, -0.15) is 0 Å². The molecule has 0 fully saturated rings. The Bertz CT molecular complexity index is 1240. The van der Waals surface area contributed by atoms with Gasteiger partial charge < -0.3 is 16.0 Å². The molecule has 1 aliphatic rings. The average Bonchev–Trinajstić information content (AvgIpc) is 3.35. The van der Waals surface area contributed by atoms with Gasteiger partial charge in [0.15, 0.2) is 5.95 Å². The predicted molar refractivity (Wildman–Crippen MR) is 119 cm³/mol. The summed E-state index contributed by atoms with van der Waals surface area (Å²) in [5.74, 6) is -0.150. The molecule has 4 N–H and O–H groups in total. The minimum atomic E-state index is -0.462. The van der Waals surface area contributed by atoms with Gasteiger partial charge in [-0.05, 0) is 34.9 Å². The first-order valence-corrected chi connectivity index (χ1v) is 9.64. The van der Waals surface area contributed by atoms with Gasteiger partial charge in [-0.3, -0.25) is 9.79 Å². The highest BCUT2D eigenvalue weighted by Crippen LogP contribution is 2.36. The largest absolute Gasteiger partial charge is 0.369 e.